The SMILES string of the molecule is CCC(C(=O)Nc1ccccc1C(C)C)n1c2ccccc2c2nc3ccccc3nc21. The molecule has 160 valence electrons. The summed E-state index contributed by atoms with van der Waals surface area (Å²) in [6, 6.07) is 23.6. The highest BCUT2D eigenvalue weighted by molar-refractivity contribution is 6.08. The number of para-hydroxylation sites is 4. The van der Waals surface area contributed by atoms with E-state index in [4.69, 9.17) is 9.97 Å². The summed E-state index contributed by atoms with van der Waals surface area (Å²) in [6.07, 6.45) is 0.637. The summed E-state index contributed by atoms with van der Waals surface area (Å²) in [5.74, 6) is 0.273. The molecule has 1 atom stereocenters. The zero-order chi connectivity index (χ0) is 22.2. The van der Waals surface area contributed by atoms with Crippen molar-refractivity contribution in [3.8, 4) is 0 Å². The summed E-state index contributed by atoms with van der Waals surface area (Å²) in [5, 5.41) is 4.20. The molecule has 3 aromatic carbocycles. The molecule has 1 N–H and O–H groups in total. The number of carbonyl (C=O) groups is 1. The fourth-order valence-electron chi connectivity index (χ4n) is 4.47. The Hall–Kier alpha value is -3.73. The third-order valence-electron chi connectivity index (χ3n) is 6.04. The van der Waals surface area contributed by atoms with E-state index in [-0.39, 0.29) is 5.91 Å². The Morgan fingerprint density at radius 2 is 1.56 bits per heavy atom. The molecule has 32 heavy (non-hydrogen) atoms. The second-order valence-electron chi connectivity index (χ2n) is 8.43. The van der Waals surface area contributed by atoms with Crippen LogP contribution in [0, 0.1) is 0 Å². The van der Waals surface area contributed by atoms with Crippen molar-refractivity contribution >= 4 is 44.7 Å². The van der Waals surface area contributed by atoms with Crippen LogP contribution in [0.15, 0.2) is 72.8 Å². The molecule has 0 fully saturated rings. The third kappa shape index (κ3) is 3.30. The molecular weight excluding hydrogens is 396 g/mol. The number of nitrogens with zero attached hydrogens (tertiary/aromatic N) is 3. The molecule has 0 saturated carbocycles. The molecule has 5 heteroatoms. The minimum Gasteiger partial charge on any atom is -0.324 e. The molecule has 5 nitrogen and oxygen atoms in total. The van der Waals surface area contributed by atoms with Gasteiger partial charge in [0.15, 0.2) is 5.65 Å². The first kappa shape index (κ1) is 20.2. The first-order chi connectivity index (χ1) is 15.6. The fourth-order valence-corrected chi connectivity index (χ4v) is 4.47. The number of nitrogens with one attached hydrogen (secondary N) is 1. The van der Waals surface area contributed by atoms with Crippen molar-refractivity contribution in [3.05, 3.63) is 78.4 Å². The van der Waals surface area contributed by atoms with Gasteiger partial charge in [0.25, 0.3) is 0 Å². The minimum absolute atomic E-state index is 0.0433. The number of aromatic nitrogens is 3. The monoisotopic (exact) mass is 422 g/mol. The Morgan fingerprint density at radius 3 is 2.31 bits per heavy atom. The second kappa shape index (κ2) is 8.08. The maximum absolute atomic E-state index is 13.6. The predicted octanol–water partition coefficient (Wildman–Crippen LogP) is 6.45. The summed E-state index contributed by atoms with van der Waals surface area (Å²) in [5.41, 5.74) is 6.21. The van der Waals surface area contributed by atoms with Crippen molar-refractivity contribution in [3.63, 3.8) is 0 Å². The van der Waals surface area contributed by atoms with Gasteiger partial charge in [-0.15, -0.1) is 0 Å². The van der Waals surface area contributed by atoms with Crippen LogP contribution >= 0.6 is 0 Å². The van der Waals surface area contributed by atoms with Crippen LogP contribution in [0.1, 0.15) is 44.7 Å². The van der Waals surface area contributed by atoms with Crippen LogP contribution in [0.3, 0.4) is 0 Å². The summed E-state index contributed by atoms with van der Waals surface area (Å²) in [4.78, 5) is 23.4. The van der Waals surface area contributed by atoms with E-state index in [1.807, 2.05) is 67.6 Å². The first-order valence-electron chi connectivity index (χ1n) is 11.1. The van der Waals surface area contributed by atoms with Crippen molar-refractivity contribution in [2.75, 3.05) is 5.32 Å². The second-order valence-corrected chi connectivity index (χ2v) is 8.43. The standard InChI is InChI=1S/C27H26N4O/c1-4-23(27(32)30-20-13-7-5-11-18(20)17(2)3)31-24-16-10-6-12-19(24)25-26(31)29-22-15-9-8-14-21(22)28-25/h5-17,23H,4H2,1-3H3,(H,30,32). The molecule has 5 rings (SSSR count). The van der Waals surface area contributed by atoms with E-state index < -0.39 is 6.04 Å². The zero-order valence-corrected chi connectivity index (χ0v) is 18.5. The Balaban J connectivity index is 1.68. The molecule has 1 amide bonds. The fraction of sp³-hybridized carbons (Fsp3) is 0.222. The van der Waals surface area contributed by atoms with Crippen LogP contribution in [0.4, 0.5) is 5.69 Å². The Morgan fingerprint density at radius 1 is 0.906 bits per heavy atom. The van der Waals surface area contributed by atoms with Gasteiger partial charge in [0, 0.05) is 11.1 Å². The highest BCUT2D eigenvalue weighted by Crippen LogP contribution is 2.33. The third-order valence-corrected chi connectivity index (χ3v) is 6.04. The number of hydrogen-bond acceptors (Lipinski definition) is 3. The van der Waals surface area contributed by atoms with Gasteiger partial charge in [-0.05, 0) is 42.2 Å². The number of carbonyl (C=O) groups excluding carboxylic acids is 1. The number of fused-ring (bicyclic) bond motifs is 4. The lowest BCUT2D eigenvalue weighted by molar-refractivity contribution is -0.119. The predicted molar refractivity (Wildman–Crippen MR) is 131 cm³/mol. The molecule has 1 unspecified atom stereocenters. The lowest BCUT2D eigenvalue weighted by Gasteiger charge is -2.21. The molecular formula is C27H26N4O. The molecule has 0 saturated heterocycles. The average molecular weight is 423 g/mol. The molecule has 0 aliphatic heterocycles. The van der Waals surface area contributed by atoms with Gasteiger partial charge in [0.05, 0.1) is 16.6 Å². The van der Waals surface area contributed by atoms with E-state index in [1.54, 1.807) is 0 Å². The molecule has 0 spiro atoms. The van der Waals surface area contributed by atoms with E-state index in [0.717, 1.165) is 44.4 Å². The average Bonchev–Trinajstić information content (AvgIpc) is 3.12. The molecule has 2 heterocycles. The van der Waals surface area contributed by atoms with Crippen molar-refractivity contribution in [2.45, 2.75) is 39.2 Å². The number of hydrogen-bond donors (Lipinski definition) is 1. The quantitative estimate of drug-likeness (QED) is 0.354. The van der Waals surface area contributed by atoms with Gasteiger partial charge in [0.2, 0.25) is 5.91 Å². The van der Waals surface area contributed by atoms with E-state index >= 15 is 0 Å². The van der Waals surface area contributed by atoms with Crippen LogP contribution in [-0.4, -0.2) is 20.4 Å². The molecule has 0 bridgehead atoms. The van der Waals surface area contributed by atoms with Crippen molar-refractivity contribution in [1.29, 1.82) is 0 Å². The number of amides is 1. The van der Waals surface area contributed by atoms with Crippen LogP contribution in [-0.2, 0) is 4.79 Å². The minimum atomic E-state index is -0.409. The number of anilines is 1. The van der Waals surface area contributed by atoms with Crippen molar-refractivity contribution in [1.82, 2.24) is 14.5 Å². The normalized spacial score (nSPS) is 12.6. The number of rotatable bonds is 5. The Labute approximate surface area is 187 Å². The van der Waals surface area contributed by atoms with E-state index in [0.29, 0.717) is 12.3 Å². The zero-order valence-electron chi connectivity index (χ0n) is 18.5. The largest absolute Gasteiger partial charge is 0.324 e. The van der Waals surface area contributed by atoms with Gasteiger partial charge in [-0.25, -0.2) is 9.97 Å². The molecule has 0 radical (unpaired) electrons. The highest BCUT2D eigenvalue weighted by Gasteiger charge is 2.25. The highest BCUT2D eigenvalue weighted by atomic mass is 16.2. The van der Waals surface area contributed by atoms with Crippen LogP contribution < -0.4 is 5.32 Å². The molecule has 2 aromatic heterocycles. The Kier molecular flexibility index (Phi) is 5.10. The maximum atomic E-state index is 13.6. The van der Waals surface area contributed by atoms with E-state index in [9.17, 15) is 4.79 Å². The van der Waals surface area contributed by atoms with Crippen molar-refractivity contribution < 1.29 is 4.79 Å². The van der Waals surface area contributed by atoms with Crippen LogP contribution in [0.2, 0.25) is 0 Å². The molecule has 0 aliphatic rings. The van der Waals surface area contributed by atoms with Crippen LogP contribution in [0.5, 0.6) is 0 Å². The lowest BCUT2D eigenvalue weighted by atomic mass is 10.0. The van der Waals surface area contributed by atoms with E-state index in [2.05, 4.69) is 35.9 Å². The Bertz CT molecular complexity index is 1450. The van der Waals surface area contributed by atoms with Crippen LogP contribution in [0.25, 0.3) is 33.1 Å². The number of benzene rings is 3. The van der Waals surface area contributed by atoms with Gasteiger partial charge >= 0.3 is 0 Å². The molecule has 0 aliphatic carbocycles. The topological polar surface area (TPSA) is 59.8 Å². The van der Waals surface area contributed by atoms with Gasteiger partial charge in [-0.2, -0.15) is 0 Å². The van der Waals surface area contributed by atoms with Gasteiger partial charge in [-0.3, -0.25) is 4.79 Å². The van der Waals surface area contributed by atoms with Gasteiger partial charge in [-0.1, -0.05) is 69.3 Å². The lowest BCUT2D eigenvalue weighted by Crippen LogP contribution is -2.26. The smallest absolute Gasteiger partial charge is 0.247 e. The summed E-state index contributed by atoms with van der Waals surface area (Å²) >= 11 is 0. The van der Waals surface area contributed by atoms with Gasteiger partial charge in [0.1, 0.15) is 11.6 Å². The van der Waals surface area contributed by atoms with Gasteiger partial charge < -0.3 is 9.88 Å². The maximum Gasteiger partial charge on any atom is 0.247 e. The summed E-state index contributed by atoms with van der Waals surface area (Å²) < 4.78 is 2.05. The summed E-state index contributed by atoms with van der Waals surface area (Å²) in [6.45, 7) is 6.31. The van der Waals surface area contributed by atoms with Crippen molar-refractivity contribution in [2.24, 2.45) is 0 Å². The first-order valence-corrected chi connectivity index (χ1v) is 11.1. The summed E-state index contributed by atoms with van der Waals surface area (Å²) in [7, 11) is 0. The molecule has 5 aromatic rings. The van der Waals surface area contributed by atoms with E-state index in [1.165, 1.54) is 0 Å².